The largest absolute Gasteiger partial charge is 0.444 e. The van der Waals surface area contributed by atoms with Gasteiger partial charge in [-0.1, -0.05) is 0 Å². The van der Waals surface area contributed by atoms with Gasteiger partial charge in [0.2, 0.25) is 0 Å². The van der Waals surface area contributed by atoms with E-state index in [2.05, 4.69) is 20.9 Å². The summed E-state index contributed by atoms with van der Waals surface area (Å²) in [5, 5.41) is 9.06. The zero-order valence-corrected chi connectivity index (χ0v) is 22.1. The van der Waals surface area contributed by atoms with Crippen molar-refractivity contribution in [1.29, 1.82) is 0 Å². The molecular formula is C26H31F2N5O3S. The van der Waals surface area contributed by atoms with E-state index in [4.69, 9.17) is 10.5 Å². The van der Waals surface area contributed by atoms with Crippen LogP contribution in [0.5, 0.6) is 0 Å². The van der Waals surface area contributed by atoms with Gasteiger partial charge in [0, 0.05) is 36.3 Å². The number of halogens is 2. The highest BCUT2D eigenvalue weighted by Gasteiger charge is 2.28. The normalized spacial score (nSPS) is 15.2. The number of ether oxygens (including phenoxy) is 1. The lowest BCUT2D eigenvalue weighted by molar-refractivity contribution is 0.0530. The predicted molar refractivity (Wildman–Crippen MR) is 141 cm³/mol. The lowest BCUT2D eigenvalue weighted by Gasteiger charge is -2.27. The van der Waals surface area contributed by atoms with Crippen LogP contribution in [0.25, 0.3) is 10.2 Å². The van der Waals surface area contributed by atoms with Crippen molar-refractivity contribution in [3.63, 3.8) is 0 Å². The molecule has 11 heteroatoms. The number of carbonyl (C=O) groups excluding carboxylic acids is 2. The summed E-state index contributed by atoms with van der Waals surface area (Å²) in [6, 6.07) is 4.44. The molecule has 0 fully saturated rings. The molecule has 3 aromatic rings. The highest BCUT2D eigenvalue weighted by Crippen LogP contribution is 2.34. The lowest BCUT2D eigenvalue weighted by Crippen LogP contribution is -2.39. The van der Waals surface area contributed by atoms with E-state index >= 15 is 4.39 Å². The number of aromatic nitrogens is 1. The minimum Gasteiger partial charge on any atom is -0.444 e. The van der Waals surface area contributed by atoms with Gasteiger partial charge in [-0.3, -0.25) is 4.79 Å². The Kier molecular flexibility index (Phi) is 7.54. The second-order valence-electron chi connectivity index (χ2n) is 10.1. The molecule has 0 aliphatic heterocycles. The van der Waals surface area contributed by atoms with Crippen LogP contribution in [0.2, 0.25) is 0 Å². The molecule has 0 spiro atoms. The number of nitrogen functional groups attached to an aromatic ring is 1. The average molecular weight is 532 g/mol. The number of carbonyl (C=O) groups is 2. The summed E-state index contributed by atoms with van der Waals surface area (Å²) in [7, 11) is 0. The minimum absolute atomic E-state index is 0.0329. The maximum absolute atomic E-state index is 15.2. The number of benzene rings is 1. The summed E-state index contributed by atoms with van der Waals surface area (Å²) in [6.07, 6.45) is 0.327. The van der Waals surface area contributed by atoms with Crippen molar-refractivity contribution in [2.24, 2.45) is 0 Å². The van der Waals surface area contributed by atoms with Crippen molar-refractivity contribution in [2.45, 2.75) is 58.6 Å². The quantitative estimate of drug-likeness (QED) is 0.343. The van der Waals surface area contributed by atoms with Crippen molar-refractivity contribution in [3.8, 4) is 0 Å². The number of pyridine rings is 1. The van der Waals surface area contributed by atoms with Crippen LogP contribution < -0.4 is 21.7 Å². The van der Waals surface area contributed by atoms with Gasteiger partial charge in [0.25, 0.3) is 5.91 Å². The van der Waals surface area contributed by atoms with Crippen molar-refractivity contribution >= 4 is 44.9 Å². The van der Waals surface area contributed by atoms with E-state index in [0.29, 0.717) is 27.4 Å². The molecule has 2 amide bonds. The number of thiophene rings is 1. The first-order valence-corrected chi connectivity index (χ1v) is 12.9. The molecule has 0 saturated carbocycles. The van der Waals surface area contributed by atoms with Gasteiger partial charge in [-0.15, -0.1) is 11.3 Å². The zero-order chi connectivity index (χ0) is 26.9. The first-order chi connectivity index (χ1) is 17.4. The smallest absolute Gasteiger partial charge is 0.407 e. The van der Waals surface area contributed by atoms with E-state index in [1.165, 1.54) is 11.3 Å². The fourth-order valence-electron chi connectivity index (χ4n) is 4.30. The van der Waals surface area contributed by atoms with Crippen LogP contribution >= 0.6 is 11.3 Å². The number of nitrogens with two attached hydrogens (primary N) is 1. The minimum atomic E-state index is -0.622. The van der Waals surface area contributed by atoms with Crippen LogP contribution in [0.4, 0.5) is 25.0 Å². The Bertz CT molecular complexity index is 1350. The predicted octanol–water partition coefficient (Wildman–Crippen LogP) is 4.69. The molecule has 1 atom stereocenters. The summed E-state index contributed by atoms with van der Waals surface area (Å²) in [4.78, 5) is 30.2. The molecule has 0 unspecified atom stereocenters. The molecule has 2 aromatic heterocycles. The fourth-order valence-corrected chi connectivity index (χ4v) is 5.34. The van der Waals surface area contributed by atoms with Crippen LogP contribution in [0.1, 0.15) is 53.7 Å². The van der Waals surface area contributed by atoms with E-state index in [1.54, 1.807) is 20.8 Å². The molecule has 5 N–H and O–H groups in total. The molecule has 0 bridgehead atoms. The van der Waals surface area contributed by atoms with Gasteiger partial charge in [0.1, 0.15) is 26.9 Å². The second-order valence-corrected chi connectivity index (χ2v) is 11.1. The number of amides is 2. The van der Waals surface area contributed by atoms with Crippen LogP contribution in [0.15, 0.2) is 18.2 Å². The van der Waals surface area contributed by atoms with Gasteiger partial charge in [0.15, 0.2) is 0 Å². The SMILES string of the molecule is Cc1ccc2c(N)c(C(=O)N[C@H]3CCc4c(F)c(NCCNC(=O)OC(C)(C)C)cc(F)c4C3)sc2n1. The van der Waals surface area contributed by atoms with Crippen molar-refractivity contribution in [1.82, 2.24) is 15.6 Å². The second kappa shape index (κ2) is 10.5. The summed E-state index contributed by atoms with van der Waals surface area (Å²) >= 11 is 1.22. The number of rotatable bonds is 6. The van der Waals surface area contributed by atoms with Crippen LogP contribution in [0, 0.1) is 18.6 Å². The van der Waals surface area contributed by atoms with Gasteiger partial charge in [-0.2, -0.15) is 0 Å². The molecule has 198 valence electrons. The number of fused-ring (bicyclic) bond motifs is 2. The van der Waals surface area contributed by atoms with Crippen LogP contribution in [-0.2, 0) is 17.6 Å². The molecule has 1 aliphatic carbocycles. The molecular weight excluding hydrogens is 500 g/mol. The number of nitrogens with zero attached hydrogens (tertiary/aromatic N) is 1. The lowest BCUT2D eigenvalue weighted by atomic mass is 9.87. The van der Waals surface area contributed by atoms with Crippen molar-refractivity contribution in [2.75, 3.05) is 24.1 Å². The van der Waals surface area contributed by atoms with Crippen LogP contribution in [0.3, 0.4) is 0 Å². The standard InChI is InChI=1S/C26H31F2N5O3S/c1-13-5-7-16-21(29)22(37-24(16)32-13)23(34)33-14-6-8-15-17(11-14)18(27)12-19(20(15)28)30-9-10-31-25(35)36-26(2,3)4/h5,7,12,14,30H,6,8-11,29H2,1-4H3,(H,31,35)(H,33,34)/t14-/m0/s1. The number of anilines is 2. The molecule has 1 aromatic carbocycles. The summed E-state index contributed by atoms with van der Waals surface area (Å²) < 4.78 is 35.3. The summed E-state index contributed by atoms with van der Waals surface area (Å²) in [5.41, 5.74) is 7.36. The molecule has 37 heavy (non-hydrogen) atoms. The number of nitrogens with one attached hydrogen (secondary N) is 3. The van der Waals surface area contributed by atoms with Crippen LogP contribution in [-0.4, -0.2) is 41.7 Å². The Morgan fingerprint density at radius 2 is 1.97 bits per heavy atom. The summed E-state index contributed by atoms with van der Waals surface area (Å²) in [5.74, 6) is -1.41. The van der Waals surface area contributed by atoms with Gasteiger partial charge < -0.3 is 26.4 Å². The van der Waals surface area contributed by atoms with E-state index in [1.807, 2.05) is 19.1 Å². The number of hydrogen-bond acceptors (Lipinski definition) is 7. The van der Waals surface area contributed by atoms with Gasteiger partial charge in [0.05, 0.1) is 11.4 Å². The van der Waals surface area contributed by atoms with Crippen molar-refractivity contribution < 1.29 is 23.1 Å². The number of hydrogen-bond donors (Lipinski definition) is 4. The molecule has 4 rings (SSSR count). The first-order valence-electron chi connectivity index (χ1n) is 12.1. The molecule has 2 heterocycles. The zero-order valence-electron chi connectivity index (χ0n) is 21.3. The Morgan fingerprint density at radius 1 is 1.22 bits per heavy atom. The maximum atomic E-state index is 15.2. The summed E-state index contributed by atoms with van der Waals surface area (Å²) in [6.45, 7) is 7.50. The van der Waals surface area contributed by atoms with E-state index in [0.717, 1.165) is 17.1 Å². The Balaban J connectivity index is 1.38. The van der Waals surface area contributed by atoms with E-state index in [9.17, 15) is 14.0 Å². The highest BCUT2D eigenvalue weighted by molar-refractivity contribution is 7.21. The average Bonchev–Trinajstić information content (AvgIpc) is 3.14. The van der Waals surface area contributed by atoms with E-state index in [-0.39, 0.29) is 49.1 Å². The monoisotopic (exact) mass is 531 g/mol. The fraction of sp³-hybridized carbons (Fsp3) is 0.423. The Morgan fingerprint density at radius 3 is 2.70 bits per heavy atom. The highest BCUT2D eigenvalue weighted by atomic mass is 32.1. The van der Waals surface area contributed by atoms with Gasteiger partial charge in [-0.25, -0.2) is 18.6 Å². The van der Waals surface area contributed by atoms with Crippen molar-refractivity contribution in [3.05, 3.63) is 51.5 Å². The van der Waals surface area contributed by atoms with Gasteiger partial charge >= 0.3 is 6.09 Å². The Hall–Kier alpha value is -3.47. The third-order valence-electron chi connectivity index (χ3n) is 6.00. The number of aryl methyl sites for hydroxylation is 1. The van der Waals surface area contributed by atoms with E-state index < -0.39 is 23.3 Å². The first kappa shape index (κ1) is 26.6. The molecule has 8 nitrogen and oxygen atoms in total. The Labute approximate surface area is 218 Å². The molecule has 1 aliphatic rings. The third-order valence-corrected chi connectivity index (χ3v) is 7.12. The topological polar surface area (TPSA) is 118 Å². The molecule has 0 saturated heterocycles. The maximum Gasteiger partial charge on any atom is 0.407 e. The third kappa shape index (κ3) is 6.10. The molecule has 0 radical (unpaired) electrons. The van der Waals surface area contributed by atoms with Gasteiger partial charge in [-0.05, 0) is 70.2 Å². The number of alkyl carbamates (subject to hydrolysis) is 1.